The molecule has 194 valence electrons. The summed E-state index contributed by atoms with van der Waals surface area (Å²) >= 11 is 7.37. The molecule has 38 heavy (non-hydrogen) atoms. The fraction of sp³-hybridized carbons (Fsp3) is 0.241. The molecule has 0 aromatic heterocycles. The maximum Gasteiger partial charge on any atom is 0.262 e. The highest BCUT2D eigenvalue weighted by Gasteiger charge is 2.39. The van der Waals surface area contributed by atoms with Crippen LogP contribution in [0, 0.1) is 6.92 Å². The fourth-order valence-corrected chi connectivity index (χ4v) is 5.61. The van der Waals surface area contributed by atoms with Gasteiger partial charge < -0.3 is 10.1 Å². The van der Waals surface area contributed by atoms with Crippen LogP contribution in [0.25, 0.3) is 0 Å². The van der Waals surface area contributed by atoms with Crippen LogP contribution < -0.4 is 10.1 Å². The molecule has 0 fully saturated rings. The molecular weight excluding hydrogens is 520 g/mol. The molecule has 0 bridgehead atoms. The molecule has 0 saturated carbocycles. The van der Waals surface area contributed by atoms with E-state index in [1.165, 1.54) is 11.8 Å². The fourth-order valence-electron chi connectivity index (χ4n) is 4.43. The molecular formula is C29H27ClN4O3S. The number of benzene rings is 3. The first-order chi connectivity index (χ1) is 18.4. The Balaban J connectivity index is 1.31. The lowest BCUT2D eigenvalue weighted by molar-refractivity contribution is -0.121. The van der Waals surface area contributed by atoms with Gasteiger partial charge in [0.05, 0.1) is 18.4 Å². The number of nitrogens with zero attached hydrogens (tertiary/aromatic N) is 3. The Kier molecular flexibility index (Phi) is 7.81. The second kappa shape index (κ2) is 11.4. The van der Waals surface area contributed by atoms with Crippen molar-refractivity contribution >= 4 is 51.7 Å². The molecule has 9 heteroatoms. The Morgan fingerprint density at radius 1 is 1.13 bits per heavy atom. The summed E-state index contributed by atoms with van der Waals surface area (Å²) in [7, 11) is 0. The Labute approximate surface area is 230 Å². The van der Waals surface area contributed by atoms with Crippen LogP contribution >= 0.6 is 23.4 Å². The third kappa shape index (κ3) is 5.92. The van der Waals surface area contributed by atoms with E-state index in [0.717, 1.165) is 28.2 Å². The van der Waals surface area contributed by atoms with E-state index in [1.54, 1.807) is 24.3 Å². The van der Waals surface area contributed by atoms with Gasteiger partial charge in [-0.1, -0.05) is 65.3 Å². The predicted molar refractivity (Wildman–Crippen MR) is 153 cm³/mol. The van der Waals surface area contributed by atoms with Crippen molar-refractivity contribution in [1.82, 2.24) is 5.01 Å². The lowest BCUT2D eigenvalue weighted by Crippen LogP contribution is -2.25. The molecule has 2 aliphatic heterocycles. The molecule has 2 aliphatic rings. The number of hydrazone groups is 1. The number of halogens is 1. The molecule has 2 amide bonds. The highest BCUT2D eigenvalue weighted by atomic mass is 35.5. The van der Waals surface area contributed by atoms with Gasteiger partial charge in [0.1, 0.15) is 11.0 Å². The van der Waals surface area contributed by atoms with Crippen molar-refractivity contribution in [3.63, 3.8) is 0 Å². The van der Waals surface area contributed by atoms with Gasteiger partial charge >= 0.3 is 0 Å². The molecule has 1 N–H and O–H groups in total. The highest BCUT2D eigenvalue weighted by molar-refractivity contribution is 8.15. The van der Waals surface area contributed by atoms with Crippen LogP contribution in [0.4, 0.5) is 5.69 Å². The van der Waals surface area contributed by atoms with Crippen molar-refractivity contribution < 1.29 is 14.3 Å². The third-order valence-electron chi connectivity index (χ3n) is 6.26. The zero-order chi connectivity index (χ0) is 26.6. The largest absolute Gasteiger partial charge is 0.494 e. The minimum atomic E-state index is -0.611. The Morgan fingerprint density at radius 3 is 2.61 bits per heavy atom. The average molecular weight is 547 g/mol. The average Bonchev–Trinajstić information content (AvgIpc) is 3.50. The third-order valence-corrected chi connectivity index (χ3v) is 7.65. The minimum absolute atomic E-state index is 0.0143. The normalized spacial score (nSPS) is 18.8. The van der Waals surface area contributed by atoms with Crippen molar-refractivity contribution in [2.75, 3.05) is 11.9 Å². The number of amides is 2. The molecule has 5 rings (SSSR count). The van der Waals surface area contributed by atoms with E-state index in [1.807, 2.05) is 55.3 Å². The zero-order valence-electron chi connectivity index (χ0n) is 21.1. The number of thioether (sulfide) groups is 1. The van der Waals surface area contributed by atoms with E-state index in [0.29, 0.717) is 28.9 Å². The predicted octanol–water partition coefficient (Wildman–Crippen LogP) is 6.23. The standard InChI is InChI=1S/C29H27ClN4O3S/c1-3-37-23-13-11-22(12-14-23)31-27(35)17-26-28(36)32-29(38-26)34-25(20-6-4-5-18(2)15-20)16-24(33-34)19-7-9-21(30)10-8-19/h4-15,25-26H,3,16-17H2,1-2H3,(H,31,35)/t25-,26-/m0/s1. The van der Waals surface area contributed by atoms with Crippen LogP contribution in [-0.4, -0.2) is 39.6 Å². The molecule has 0 radical (unpaired) electrons. The van der Waals surface area contributed by atoms with E-state index in [9.17, 15) is 9.59 Å². The second-order valence-electron chi connectivity index (χ2n) is 9.08. The summed E-state index contributed by atoms with van der Waals surface area (Å²) < 4.78 is 5.44. The smallest absolute Gasteiger partial charge is 0.262 e. The number of carbonyl (C=O) groups is 2. The summed E-state index contributed by atoms with van der Waals surface area (Å²) in [5.74, 6) is 0.154. The number of aryl methyl sites for hydroxylation is 1. The van der Waals surface area contributed by atoms with Crippen LogP contribution in [0.15, 0.2) is 82.9 Å². The zero-order valence-corrected chi connectivity index (χ0v) is 22.6. The van der Waals surface area contributed by atoms with Gasteiger partial charge in [-0.2, -0.15) is 10.1 Å². The van der Waals surface area contributed by atoms with Gasteiger partial charge in [-0.3, -0.25) is 9.59 Å². The molecule has 0 spiro atoms. The van der Waals surface area contributed by atoms with Crippen LogP contribution in [0.1, 0.15) is 42.5 Å². The van der Waals surface area contributed by atoms with Crippen LogP contribution in [0.3, 0.4) is 0 Å². The van der Waals surface area contributed by atoms with Crippen LogP contribution in [0.5, 0.6) is 5.75 Å². The topological polar surface area (TPSA) is 83.4 Å². The number of ether oxygens (including phenoxy) is 1. The molecule has 7 nitrogen and oxygen atoms in total. The van der Waals surface area contributed by atoms with E-state index >= 15 is 0 Å². The molecule has 2 heterocycles. The lowest BCUT2D eigenvalue weighted by atomic mass is 9.97. The van der Waals surface area contributed by atoms with Gasteiger partial charge in [-0.05, 0) is 61.4 Å². The number of nitrogens with one attached hydrogen (secondary N) is 1. The van der Waals surface area contributed by atoms with Gasteiger partial charge in [-0.25, -0.2) is 5.01 Å². The Hall–Kier alpha value is -3.62. The van der Waals surface area contributed by atoms with E-state index in [4.69, 9.17) is 21.4 Å². The Morgan fingerprint density at radius 2 is 1.89 bits per heavy atom. The first kappa shape index (κ1) is 26.0. The number of hydrogen-bond donors (Lipinski definition) is 1. The van der Waals surface area contributed by atoms with Crippen molar-refractivity contribution in [2.45, 2.75) is 38.0 Å². The molecule has 3 aromatic rings. The summed E-state index contributed by atoms with van der Waals surface area (Å²) in [5, 5.41) is 10.1. The van der Waals surface area contributed by atoms with E-state index in [-0.39, 0.29) is 24.3 Å². The van der Waals surface area contributed by atoms with Gasteiger partial charge in [0.2, 0.25) is 5.91 Å². The summed E-state index contributed by atoms with van der Waals surface area (Å²) in [6.45, 7) is 4.54. The van der Waals surface area contributed by atoms with Gasteiger partial charge in [0, 0.05) is 23.6 Å². The SMILES string of the molecule is CCOc1ccc(NC(=O)C[C@@H]2SC(N3N=C(c4ccc(Cl)cc4)C[C@H]3c3cccc(C)c3)=NC2=O)cc1. The van der Waals surface area contributed by atoms with Crippen molar-refractivity contribution in [1.29, 1.82) is 0 Å². The molecule has 0 saturated heterocycles. The van der Waals surface area contributed by atoms with Crippen LogP contribution in [0.2, 0.25) is 5.02 Å². The monoisotopic (exact) mass is 546 g/mol. The minimum Gasteiger partial charge on any atom is -0.494 e. The van der Waals surface area contributed by atoms with Crippen molar-refractivity contribution in [2.24, 2.45) is 10.1 Å². The number of rotatable bonds is 7. The maximum atomic E-state index is 12.8. The summed E-state index contributed by atoms with van der Waals surface area (Å²) in [5.41, 5.74) is 4.73. The van der Waals surface area contributed by atoms with Gasteiger partial charge in [-0.15, -0.1) is 0 Å². The number of carbonyl (C=O) groups excluding carboxylic acids is 2. The second-order valence-corrected chi connectivity index (χ2v) is 10.7. The van der Waals surface area contributed by atoms with E-state index < -0.39 is 5.25 Å². The Bertz CT molecular complexity index is 1410. The quantitative estimate of drug-likeness (QED) is 0.380. The highest BCUT2D eigenvalue weighted by Crippen LogP contribution is 2.39. The summed E-state index contributed by atoms with van der Waals surface area (Å²) in [6.07, 6.45) is 0.669. The number of hydrogen-bond acceptors (Lipinski definition) is 6. The van der Waals surface area contributed by atoms with Crippen molar-refractivity contribution in [3.05, 3.63) is 94.5 Å². The van der Waals surface area contributed by atoms with E-state index in [2.05, 4.69) is 22.4 Å². The molecule has 0 unspecified atom stereocenters. The number of anilines is 1. The number of amidine groups is 1. The van der Waals surface area contributed by atoms with Gasteiger partial charge in [0.15, 0.2) is 5.17 Å². The molecule has 3 aromatic carbocycles. The van der Waals surface area contributed by atoms with Crippen molar-refractivity contribution in [3.8, 4) is 5.75 Å². The summed E-state index contributed by atoms with van der Waals surface area (Å²) in [6, 6.07) is 22.9. The molecule has 2 atom stereocenters. The maximum absolute atomic E-state index is 12.8. The van der Waals surface area contributed by atoms with Gasteiger partial charge in [0.25, 0.3) is 5.91 Å². The first-order valence-electron chi connectivity index (χ1n) is 12.4. The first-order valence-corrected chi connectivity index (χ1v) is 13.7. The molecule has 0 aliphatic carbocycles. The number of aliphatic imine (C=N–C) groups is 1. The van der Waals surface area contributed by atoms with Crippen LogP contribution in [-0.2, 0) is 9.59 Å². The lowest BCUT2D eigenvalue weighted by Gasteiger charge is -2.23. The summed E-state index contributed by atoms with van der Waals surface area (Å²) in [4.78, 5) is 29.9.